The molecule has 2 N–H and O–H groups in total. The van der Waals surface area contributed by atoms with E-state index >= 15 is 0 Å². The van der Waals surface area contributed by atoms with E-state index in [2.05, 4.69) is 43.7 Å². The van der Waals surface area contributed by atoms with Crippen molar-refractivity contribution in [3.8, 4) is 17.3 Å². The lowest BCUT2D eigenvalue weighted by atomic mass is 10.2. The van der Waals surface area contributed by atoms with E-state index in [9.17, 15) is 0 Å². The largest absolute Gasteiger partial charge is 0.378 e. The summed E-state index contributed by atoms with van der Waals surface area (Å²) in [5.74, 6) is 2.92. The monoisotopic (exact) mass is 367 g/mol. The minimum absolute atomic E-state index is 0.207. The quantitative estimate of drug-likeness (QED) is 0.721. The molecule has 27 heavy (non-hydrogen) atoms. The lowest BCUT2D eigenvalue weighted by molar-refractivity contribution is 0.122. The molecule has 0 radical (unpaired) electrons. The van der Waals surface area contributed by atoms with Gasteiger partial charge in [0.05, 0.1) is 18.8 Å². The van der Waals surface area contributed by atoms with Gasteiger partial charge in [0.15, 0.2) is 5.82 Å². The van der Waals surface area contributed by atoms with Gasteiger partial charge in [-0.15, -0.1) is 0 Å². The molecule has 0 saturated carbocycles. The molecule has 10 heteroatoms. The molecular formula is C17H21N9O. The van der Waals surface area contributed by atoms with Crippen molar-refractivity contribution < 1.29 is 4.74 Å². The summed E-state index contributed by atoms with van der Waals surface area (Å²) in [5.41, 5.74) is 6.28. The highest BCUT2D eigenvalue weighted by atomic mass is 16.5. The molecule has 0 aliphatic carbocycles. The minimum Gasteiger partial charge on any atom is -0.378 e. The summed E-state index contributed by atoms with van der Waals surface area (Å²) in [6.45, 7) is 6.90. The highest BCUT2D eigenvalue weighted by Crippen LogP contribution is 2.21. The Morgan fingerprint density at radius 2 is 1.70 bits per heavy atom. The van der Waals surface area contributed by atoms with Gasteiger partial charge in [-0.05, 0) is 0 Å². The van der Waals surface area contributed by atoms with Gasteiger partial charge in [-0.1, -0.05) is 13.8 Å². The Kier molecular flexibility index (Phi) is 4.63. The number of hydrogen-bond donors (Lipinski definition) is 1. The third-order valence-corrected chi connectivity index (χ3v) is 4.24. The van der Waals surface area contributed by atoms with Gasteiger partial charge in [-0.2, -0.15) is 15.0 Å². The second-order valence-electron chi connectivity index (χ2n) is 6.50. The number of imidazole rings is 1. The highest BCUT2D eigenvalue weighted by molar-refractivity contribution is 5.55. The van der Waals surface area contributed by atoms with Gasteiger partial charge in [-0.3, -0.25) is 4.57 Å². The molecule has 0 bridgehead atoms. The highest BCUT2D eigenvalue weighted by Gasteiger charge is 2.20. The van der Waals surface area contributed by atoms with E-state index in [1.165, 1.54) is 0 Å². The molecule has 3 aromatic heterocycles. The smallest absolute Gasteiger partial charge is 0.240 e. The van der Waals surface area contributed by atoms with Gasteiger partial charge in [0.25, 0.3) is 0 Å². The first-order valence-electron chi connectivity index (χ1n) is 8.82. The zero-order chi connectivity index (χ0) is 18.8. The van der Waals surface area contributed by atoms with E-state index in [0.717, 1.165) is 18.9 Å². The van der Waals surface area contributed by atoms with Crippen LogP contribution in [-0.2, 0) is 4.74 Å². The normalized spacial score (nSPS) is 14.7. The van der Waals surface area contributed by atoms with Crippen LogP contribution in [0.3, 0.4) is 0 Å². The van der Waals surface area contributed by atoms with Crippen LogP contribution < -0.4 is 10.6 Å². The van der Waals surface area contributed by atoms with Crippen molar-refractivity contribution in [1.29, 1.82) is 0 Å². The number of aromatic nitrogens is 7. The molecule has 0 spiro atoms. The molecule has 3 aromatic rings. The number of nitrogen functional groups attached to an aromatic ring is 1. The number of morpholine rings is 1. The summed E-state index contributed by atoms with van der Waals surface area (Å²) in [5, 5.41) is 0. The molecule has 0 amide bonds. The predicted molar refractivity (Wildman–Crippen MR) is 99.5 cm³/mol. The lowest BCUT2D eigenvalue weighted by Gasteiger charge is -2.27. The summed E-state index contributed by atoms with van der Waals surface area (Å²) in [7, 11) is 0. The fourth-order valence-electron chi connectivity index (χ4n) is 2.86. The molecule has 1 fully saturated rings. The zero-order valence-electron chi connectivity index (χ0n) is 15.3. The average Bonchev–Trinajstić information content (AvgIpc) is 3.19. The molecule has 10 nitrogen and oxygen atoms in total. The molecule has 1 aliphatic heterocycles. The van der Waals surface area contributed by atoms with Crippen molar-refractivity contribution in [3.63, 3.8) is 0 Å². The number of rotatable bonds is 4. The predicted octanol–water partition coefficient (Wildman–Crippen LogP) is 1.06. The van der Waals surface area contributed by atoms with Crippen molar-refractivity contribution in [1.82, 2.24) is 34.5 Å². The number of ether oxygens (including phenoxy) is 1. The average molecular weight is 367 g/mol. The van der Waals surface area contributed by atoms with Crippen LogP contribution in [0.15, 0.2) is 24.8 Å². The number of nitrogens with zero attached hydrogens (tertiary/aromatic N) is 8. The molecule has 0 aromatic carbocycles. The molecule has 0 unspecified atom stereocenters. The van der Waals surface area contributed by atoms with E-state index in [4.69, 9.17) is 15.5 Å². The third kappa shape index (κ3) is 3.56. The maximum Gasteiger partial charge on any atom is 0.240 e. The fourth-order valence-corrected chi connectivity index (χ4v) is 2.86. The Hall–Kier alpha value is -3.14. The number of nitrogens with two attached hydrogens (primary N) is 1. The molecular weight excluding hydrogens is 346 g/mol. The first kappa shape index (κ1) is 17.3. The molecule has 140 valence electrons. The van der Waals surface area contributed by atoms with Crippen molar-refractivity contribution >= 4 is 11.9 Å². The summed E-state index contributed by atoms with van der Waals surface area (Å²) in [4.78, 5) is 28.6. The van der Waals surface area contributed by atoms with Crippen LogP contribution in [0.25, 0.3) is 17.3 Å². The summed E-state index contributed by atoms with van der Waals surface area (Å²) in [6.07, 6.45) is 6.83. The van der Waals surface area contributed by atoms with Crippen molar-refractivity contribution in [2.45, 2.75) is 19.8 Å². The van der Waals surface area contributed by atoms with E-state index in [0.29, 0.717) is 36.5 Å². The van der Waals surface area contributed by atoms with Gasteiger partial charge < -0.3 is 15.4 Å². The van der Waals surface area contributed by atoms with Crippen molar-refractivity contribution in [2.24, 2.45) is 0 Å². The Balaban J connectivity index is 1.83. The van der Waals surface area contributed by atoms with Gasteiger partial charge in [0, 0.05) is 43.8 Å². The van der Waals surface area contributed by atoms with E-state index in [-0.39, 0.29) is 11.9 Å². The summed E-state index contributed by atoms with van der Waals surface area (Å²) < 4.78 is 7.33. The molecule has 0 atom stereocenters. The number of hydrogen-bond acceptors (Lipinski definition) is 9. The van der Waals surface area contributed by atoms with Gasteiger partial charge >= 0.3 is 0 Å². The molecule has 4 heterocycles. The van der Waals surface area contributed by atoms with Crippen LogP contribution in [-0.4, -0.2) is 60.8 Å². The van der Waals surface area contributed by atoms with Crippen molar-refractivity contribution in [2.75, 3.05) is 36.9 Å². The van der Waals surface area contributed by atoms with Crippen LogP contribution in [0.4, 0.5) is 11.9 Å². The Morgan fingerprint density at radius 3 is 2.41 bits per heavy atom. The molecule has 4 rings (SSSR count). The molecule has 1 aliphatic rings. The van der Waals surface area contributed by atoms with Crippen molar-refractivity contribution in [3.05, 3.63) is 30.6 Å². The maximum atomic E-state index is 5.60. The van der Waals surface area contributed by atoms with Crippen LogP contribution in [0.5, 0.6) is 0 Å². The Labute approximate surface area is 156 Å². The fraction of sp³-hybridized carbons (Fsp3) is 0.412. The van der Waals surface area contributed by atoms with Gasteiger partial charge in [-0.25, -0.2) is 15.0 Å². The Bertz CT molecular complexity index is 916. The first-order valence-corrected chi connectivity index (χ1v) is 8.82. The number of anilines is 2. The first-order chi connectivity index (χ1) is 13.1. The maximum absolute atomic E-state index is 5.60. The summed E-state index contributed by atoms with van der Waals surface area (Å²) >= 11 is 0. The van der Waals surface area contributed by atoms with Crippen LogP contribution >= 0.6 is 0 Å². The lowest BCUT2D eigenvalue weighted by Crippen LogP contribution is -2.37. The summed E-state index contributed by atoms with van der Waals surface area (Å²) in [6, 6.07) is 0. The van der Waals surface area contributed by atoms with Gasteiger partial charge in [0.2, 0.25) is 17.8 Å². The SMILES string of the molecule is CC(C)c1nccn1-c1nc(-c2cnc(N)nc2)nc(N2CCOCC2)n1. The van der Waals surface area contributed by atoms with Gasteiger partial charge in [0.1, 0.15) is 5.82 Å². The topological polar surface area (TPSA) is 121 Å². The minimum atomic E-state index is 0.207. The van der Waals surface area contributed by atoms with E-state index in [1.807, 2.05) is 10.8 Å². The second-order valence-corrected chi connectivity index (χ2v) is 6.50. The second kappa shape index (κ2) is 7.23. The van der Waals surface area contributed by atoms with Crippen LogP contribution in [0, 0.1) is 0 Å². The van der Waals surface area contributed by atoms with E-state index < -0.39 is 0 Å². The van der Waals surface area contributed by atoms with E-state index in [1.54, 1.807) is 18.6 Å². The molecule has 1 saturated heterocycles. The third-order valence-electron chi connectivity index (χ3n) is 4.24. The van der Waals surface area contributed by atoms with Crippen LogP contribution in [0.1, 0.15) is 25.6 Å². The Morgan fingerprint density at radius 1 is 1.00 bits per heavy atom. The standard InChI is InChI=1S/C17H21N9O/c1-11(2)14-19-3-4-26(14)17-23-13(12-9-20-15(18)21-10-12)22-16(24-17)25-5-7-27-8-6-25/h3-4,9-11H,5-8H2,1-2H3,(H2,18,20,21). The van der Waals surface area contributed by atoms with Crippen LogP contribution in [0.2, 0.25) is 0 Å². The zero-order valence-corrected chi connectivity index (χ0v) is 15.3.